The fourth-order valence-corrected chi connectivity index (χ4v) is 4.46. The van der Waals surface area contributed by atoms with E-state index in [-0.39, 0.29) is 12.2 Å². The van der Waals surface area contributed by atoms with E-state index < -0.39 is 14.8 Å². The lowest BCUT2D eigenvalue weighted by Gasteiger charge is -2.36. The third-order valence-corrected chi connectivity index (χ3v) is 7.59. The van der Waals surface area contributed by atoms with E-state index in [4.69, 9.17) is 4.74 Å². The highest BCUT2D eigenvalue weighted by Crippen LogP contribution is 2.25. The lowest BCUT2D eigenvalue weighted by atomic mass is 10.1. The molecule has 2 atom stereocenters. The minimum absolute atomic E-state index is 0.237. The Labute approximate surface area is 187 Å². The Balaban J connectivity index is 1.61. The van der Waals surface area contributed by atoms with Crippen molar-refractivity contribution in [2.45, 2.75) is 65.0 Å². The quantitative estimate of drug-likeness (QED) is 0.671. The van der Waals surface area contributed by atoms with Gasteiger partial charge in [-0.05, 0) is 83.0 Å². The number of rotatable bonds is 6. The molecule has 3 rings (SSSR count). The smallest absolute Gasteiger partial charge is 0.237 e. The Morgan fingerprint density at radius 3 is 2.19 bits per heavy atom. The maximum atomic E-state index is 12.4. The molecule has 2 aromatic carbocycles. The third kappa shape index (κ3) is 5.92. The molecule has 1 fully saturated rings. The zero-order valence-corrected chi connectivity index (χ0v) is 20.2. The first kappa shape index (κ1) is 23.4. The Morgan fingerprint density at radius 1 is 1.03 bits per heavy atom. The van der Waals surface area contributed by atoms with Gasteiger partial charge in [-0.2, -0.15) is 0 Å². The van der Waals surface area contributed by atoms with Crippen LogP contribution in [0.5, 0.6) is 0 Å². The number of morpholine rings is 1. The van der Waals surface area contributed by atoms with Crippen LogP contribution in [0.25, 0.3) is 0 Å². The van der Waals surface area contributed by atoms with Gasteiger partial charge in [0, 0.05) is 31.0 Å². The number of sulfonamides is 1. The first-order chi connectivity index (χ1) is 14.4. The van der Waals surface area contributed by atoms with Crippen LogP contribution in [-0.2, 0) is 21.3 Å². The Kier molecular flexibility index (Phi) is 6.86. The number of ether oxygens (including phenoxy) is 1. The summed E-state index contributed by atoms with van der Waals surface area (Å²) >= 11 is 0. The highest BCUT2D eigenvalue weighted by Gasteiger charge is 2.29. The van der Waals surface area contributed by atoms with Crippen molar-refractivity contribution in [3.63, 3.8) is 0 Å². The van der Waals surface area contributed by atoms with E-state index in [9.17, 15) is 8.42 Å². The van der Waals surface area contributed by atoms with Gasteiger partial charge in [0.05, 0.1) is 22.6 Å². The van der Waals surface area contributed by atoms with Gasteiger partial charge >= 0.3 is 0 Å². The van der Waals surface area contributed by atoms with Crippen LogP contribution in [0.4, 0.5) is 17.1 Å². The highest BCUT2D eigenvalue weighted by atomic mass is 32.2. The van der Waals surface area contributed by atoms with Gasteiger partial charge in [0.1, 0.15) is 0 Å². The number of hydrogen-bond acceptors (Lipinski definition) is 5. The molecular formula is C24H35N3O3S. The summed E-state index contributed by atoms with van der Waals surface area (Å²) in [6.07, 6.45) is 0.473. The molecule has 1 heterocycles. The molecule has 1 aliphatic heterocycles. The molecular weight excluding hydrogens is 410 g/mol. The molecule has 7 heteroatoms. The van der Waals surface area contributed by atoms with Crippen molar-refractivity contribution in [2.75, 3.05) is 28.0 Å². The number of nitrogens with one attached hydrogen (secondary N) is 2. The maximum Gasteiger partial charge on any atom is 0.237 e. The number of aryl methyl sites for hydroxylation is 1. The molecule has 0 unspecified atom stereocenters. The minimum Gasteiger partial charge on any atom is -0.381 e. The molecule has 2 N–H and O–H groups in total. The SMILES string of the molecule is Cc1cc(CNc2ccc(N3C[C@@H](C)O[C@@H](C)C3)cc2)ccc1NS(=O)(=O)C(C)(C)C. The highest BCUT2D eigenvalue weighted by molar-refractivity contribution is 7.94. The maximum absolute atomic E-state index is 12.4. The molecule has 31 heavy (non-hydrogen) atoms. The summed E-state index contributed by atoms with van der Waals surface area (Å²) in [5.74, 6) is 0. The van der Waals surface area contributed by atoms with Crippen LogP contribution in [0.2, 0.25) is 0 Å². The number of nitrogens with zero attached hydrogens (tertiary/aromatic N) is 1. The number of hydrogen-bond donors (Lipinski definition) is 2. The molecule has 170 valence electrons. The van der Waals surface area contributed by atoms with Crippen LogP contribution in [0.15, 0.2) is 42.5 Å². The van der Waals surface area contributed by atoms with E-state index in [0.717, 1.165) is 29.9 Å². The second-order valence-electron chi connectivity index (χ2n) is 9.43. The van der Waals surface area contributed by atoms with E-state index in [0.29, 0.717) is 12.2 Å². The predicted octanol–water partition coefficient (Wildman–Crippen LogP) is 4.76. The second kappa shape index (κ2) is 9.09. The molecule has 0 radical (unpaired) electrons. The fraction of sp³-hybridized carbons (Fsp3) is 0.500. The van der Waals surface area contributed by atoms with Crippen LogP contribution >= 0.6 is 0 Å². The van der Waals surface area contributed by atoms with Crippen LogP contribution in [0, 0.1) is 6.92 Å². The molecule has 2 aromatic rings. The van der Waals surface area contributed by atoms with Crippen molar-refractivity contribution in [1.29, 1.82) is 0 Å². The largest absolute Gasteiger partial charge is 0.381 e. The summed E-state index contributed by atoms with van der Waals surface area (Å²) in [5, 5.41) is 3.45. The summed E-state index contributed by atoms with van der Waals surface area (Å²) in [5.41, 5.74) is 4.87. The molecule has 0 bridgehead atoms. The van der Waals surface area contributed by atoms with Crippen molar-refractivity contribution in [1.82, 2.24) is 0 Å². The van der Waals surface area contributed by atoms with Gasteiger partial charge in [-0.15, -0.1) is 0 Å². The van der Waals surface area contributed by atoms with E-state index in [1.807, 2.05) is 25.1 Å². The predicted molar refractivity (Wildman–Crippen MR) is 129 cm³/mol. The summed E-state index contributed by atoms with van der Waals surface area (Å²) < 4.78 is 32.5. The van der Waals surface area contributed by atoms with E-state index in [2.05, 4.69) is 53.1 Å². The van der Waals surface area contributed by atoms with Gasteiger partial charge < -0.3 is 15.0 Å². The van der Waals surface area contributed by atoms with Crippen LogP contribution < -0.4 is 14.9 Å². The summed E-state index contributed by atoms with van der Waals surface area (Å²) in [7, 11) is -3.44. The molecule has 1 aliphatic rings. The van der Waals surface area contributed by atoms with E-state index in [1.54, 1.807) is 20.8 Å². The second-order valence-corrected chi connectivity index (χ2v) is 11.9. The number of benzene rings is 2. The molecule has 6 nitrogen and oxygen atoms in total. The lowest BCUT2D eigenvalue weighted by molar-refractivity contribution is -0.00521. The molecule has 1 saturated heterocycles. The van der Waals surface area contributed by atoms with Gasteiger partial charge in [-0.3, -0.25) is 4.72 Å². The van der Waals surface area contributed by atoms with E-state index in [1.165, 1.54) is 5.69 Å². The average molecular weight is 446 g/mol. The van der Waals surface area contributed by atoms with Crippen LogP contribution in [0.1, 0.15) is 45.7 Å². The monoisotopic (exact) mass is 445 g/mol. The minimum atomic E-state index is -3.44. The normalized spacial score (nSPS) is 19.9. The van der Waals surface area contributed by atoms with Gasteiger partial charge in [-0.1, -0.05) is 12.1 Å². The molecule has 0 saturated carbocycles. The van der Waals surface area contributed by atoms with Gasteiger partial charge in [0.15, 0.2) is 0 Å². The van der Waals surface area contributed by atoms with Crippen molar-refractivity contribution in [3.05, 3.63) is 53.6 Å². The van der Waals surface area contributed by atoms with Gasteiger partial charge in [0.25, 0.3) is 0 Å². The van der Waals surface area contributed by atoms with E-state index >= 15 is 0 Å². The standard InChI is InChI=1S/C24H35N3O3S/c1-17-13-20(7-12-23(17)26-31(28,29)24(4,5)6)14-25-21-8-10-22(11-9-21)27-15-18(2)30-19(3)16-27/h7-13,18-19,25-26H,14-16H2,1-6H3/t18-,19+. The number of anilines is 3. The van der Waals surface area contributed by atoms with Crippen molar-refractivity contribution in [2.24, 2.45) is 0 Å². The first-order valence-corrected chi connectivity index (χ1v) is 12.3. The van der Waals surface area contributed by atoms with Crippen molar-refractivity contribution >= 4 is 27.1 Å². The van der Waals surface area contributed by atoms with Crippen LogP contribution in [-0.4, -0.2) is 38.5 Å². The Bertz CT molecular complexity index is 988. The van der Waals surface area contributed by atoms with Crippen molar-refractivity contribution < 1.29 is 13.2 Å². The third-order valence-electron chi connectivity index (χ3n) is 5.49. The van der Waals surface area contributed by atoms with Crippen LogP contribution in [0.3, 0.4) is 0 Å². The summed E-state index contributed by atoms with van der Waals surface area (Å²) in [4.78, 5) is 2.36. The summed E-state index contributed by atoms with van der Waals surface area (Å²) in [6, 6.07) is 14.3. The topological polar surface area (TPSA) is 70.7 Å². The Hall–Kier alpha value is -2.25. The lowest BCUT2D eigenvalue weighted by Crippen LogP contribution is -2.45. The zero-order chi connectivity index (χ0) is 22.8. The van der Waals surface area contributed by atoms with Crippen molar-refractivity contribution in [3.8, 4) is 0 Å². The zero-order valence-electron chi connectivity index (χ0n) is 19.4. The summed E-state index contributed by atoms with van der Waals surface area (Å²) in [6.45, 7) is 13.7. The average Bonchev–Trinajstić information content (AvgIpc) is 2.67. The Morgan fingerprint density at radius 2 is 1.65 bits per heavy atom. The fourth-order valence-electron chi connectivity index (χ4n) is 3.63. The molecule has 0 spiro atoms. The molecule has 0 amide bonds. The van der Waals surface area contributed by atoms with Gasteiger partial charge in [-0.25, -0.2) is 8.42 Å². The molecule has 0 aromatic heterocycles. The molecule has 0 aliphatic carbocycles. The van der Waals surface area contributed by atoms with Gasteiger partial charge in [0.2, 0.25) is 10.0 Å². The first-order valence-electron chi connectivity index (χ1n) is 10.8.